The van der Waals surface area contributed by atoms with Gasteiger partial charge in [-0.1, -0.05) is 143 Å². The van der Waals surface area contributed by atoms with Crippen LogP contribution in [0.4, 0.5) is 0 Å². The Morgan fingerprint density at radius 3 is 2.22 bits per heavy atom. The summed E-state index contributed by atoms with van der Waals surface area (Å²) in [6.07, 6.45) is 36.9. The molecular formula is C43H74O2. The molecule has 0 N–H and O–H groups in total. The predicted octanol–water partition coefficient (Wildman–Crippen LogP) is 13.2. The van der Waals surface area contributed by atoms with Crippen molar-refractivity contribution in [2.45, 2.75) is 195 Å². The van der Waals surface area contributed by atoms with Gasteiger partial charge in [0.2, 0.25) is 0 Å². The highest BCUT2D eigenvalue weighted by Crippen LogP contribution is 2.67. The van der Waals surface area contributed by atoms with E-state index >= 15 is 0 Å². The molecule has 0 unspecified atom stereocenters. The van der Waals surface area contributed by atoms with Crippen molar-refractivity contribution in [1.29, 1.82) is 0 Å². The fourth-order valence-corrected chi connectivity index (χ4v) is 11.1. The maximum Gasteiger partial charge on any atom is 0.330 e. The van der Waals surface area contributed by atoms with Crippen molar-refractivity contribution in [3.05, 3.63) is 23.8 Å². The molecule has 0 aromatic rings. The van der Waals surface area contributed by atoms with Crippen LogP contribution >= 0.6 is 0 Å². The van der Waals surface area contributed by atoms with Gasteiger partial charge in [-0.15, -0.1) is 0 Å². The molecule has 4 aliphatic rings. The standard InChI is InChI=1S/C43H74O2/c1-7-8-9-10-11-12-13-14-15-16-17-18-19-23-41(44)45-36-28-30-42(5)35(32-36)24-25-37-39-27-26-38(34(4)22-20-21-33(2)3)43(39,6)31-29-40(37)42/h19,23-24,33-34,36-40H,7-18,20-22,25-32H2,1-6H3/b23-19-/t34-,36+,37+,38-,39+,40+,42+,43-/m1/s1. The van der Waals surface area contributed by atoms with E-state index in [4.69, 9.17) is 4.74 Å². The molecule has 3 fully saturated rings. The minimum absolute atomic E-state index is 0.0661. The fraction of sp³-hybridized carbons (Fsp3) is 0.884. The number of carbonyl (C=O) groups excluding carboxylic acids is 1. The van der Waals surface area contributed by atoms with Crippen molar-refractivity contribution in [3.8, 4) is 0 Å². The Bertz CT molecular complexity index is 945. The minimum atomic E-state index is -0.117. The zero-order valence-corrected chi connectivity index (χ0v) is 30.9. The number of esters is 1. The number of rotatable bonds is 19. The molecule has 0 aromatic heterocycles. The molecule has 258 valence electrons. The molecule has 45 heavy (non-hydrogen) atoms. The molecule has 0 radical (unpaired) electrons. The lowest BCUT2D eigenvalue weighted by atomic mass is 9.47. The number of hydrogen-bond donors (Lipinski definition) is 0. The lowest BCUT2D eigenvalue weighted by Gasteiger charge is -2.58. The van der Waals surface area contributed by atoms with Gasteiger partial charge >= 0.3 is 5.97 Å². The summed E-state index contributed by atoms with van der Waals surface area (Å²) < 4.78 is 6.03. The van der Waals surface area contributed by atoms with Gasteiger partial charge < -0.3 is 4.74 Å². The normalized spacial score (nSPS) is 33.5. The first-order valence-corrected chi connectivity index (χ1v) is 20.3. The molecule has 0 amide bonds. The van der Waals surface area contributed by atoms with Crippen molar-refractivity contribution in [1.82, 2.24) is 0 Å². The molecule has 0 aromatic carbocycles. The third kappa shape index (κ3) is 9.75. The van der Waals surface area contributed by atoms with Gasteiger partial charge in [0.1, 0.15) is 6.10 Å². The van der Waals surface area contributed by atoms with Crippen LogP contribution < -0.4 is 0 Å². The van der Waals surface area contributed by atoms with Crippen LogP contribution in [-0.4, -0.2) is 12.1 Å². The van der Waals surface area contributed by atoms with Crippen LogP contribution in [0.25, 0.3) is 0 Å². The Morgan fingerprint density at radius 2 is 1.53 bits per heavy atom. The van der Waals surface area contributed by atoms with Gasteiger partial charge in [0.25, 0.3) is 0 Å². The van der Waals surface area contributed by atoms with Gasteiger partial charge in [0.15, 0.2) is 0 Å². The van der Waals surface area contributed by atoms with E-state index in [1.54, 1.807) is 11.6 Å². The molecular weight excluding hydrogens is 548 g/mol. The molecule has 3 saturated carbocycles. The zero-order valence-electron chi connectivity index (χ0n) is 30.9. The lowest BCUT2D eigenvalue weighted by molar-refractivity contribution is -0.145. The summed E-state index contributed by atoms with van der Waals surface area (Å²) in [7, 11) is 0. The van der Waals surface area contributed by atoms with Gasteiger partial charge in [-0.2, -0.15) is 0 Å². The molecule has 2 heteroatoms. The van der Waals surface area contributed by atoms with Crippen LogP contribution in [0.2, 0.25) is 0 Å². The first kappa shape index (κ1) is 36.8. The van der Waals surface area contributed by atoms with Crippen molar-refractivity contribution in [2.75, 3.05) is 0 Å². The molecule has 0 aliphatic heterocycles. The number of ether oxygens (including phenoxy) is 1. The van der Waals surface area contributed by atoms with Crippen molar-refractivity contribution in [2.24, 2.45) is 46.3 Å². The van der Waals surface area contributed by atoms with Gasteiger partial charge in [0, 0.05) is 12.5 Å². The topological polar surface area (TPSA) is 26.3 Å². The van der Waals surface area contributed by atoms with Gasteiger partial charge in [-0.3, -0.25) is 0 Å². The molecule has 0 spiro atoms. The molecule has 8 atom stereocenters. The second-order valence-electron chi connectivity index (χ2n) is 17.3. The van der Waals surface area contributed by atoms with Crippen LogP contribution in [0.3, 0.4) is 0 Å². The summed E-state index contributed by atoms with van der Waals surface area (Å²) in [5.41, 5.74) is 2.49. The SMILES string of the molecule is CCCCCCCCCCCCC/C=C\C(=O)O[C@H]1CC[C@@]2(C)C(=CC[C@H]3[C@@H]4CC[C@H]([C@H](C)CCCC(C)C)[C@@]4(C)CC[C@@H]32)C1. The number of fused-ring (bicyclic) bond motifs is 5. The van der Waals surface area contributed by atoms with Crippen LogP contribution in [0, 0.1) is 46.3 Å². The Hall–Kier alpha value is -1.05. The number of carbonyl (C=O) groups is 1. The first-order chi connectivity index (χ1) is 21.7. The van der Waals surface area contributed by atoms with Crippen molar-refractivity contribution < 1.29 is 9.53 Å². The molecule has 4 rings (SSSR count). The fourth-order valence-electron chi connectivity index (χ4n) is 11.1. The average Bonchev–Trinajstić information content (AvgIpc) is 3.37. The van der Waals surface area contributed by atoms with Crippen molar-refractivity contribution >= 4 is 5.97 Å². The minimum Gasteiger partial charge on any atom is -0.459 e. The monoisotopic (exact) mass is 623 g/mol. The Balaban J connectivity index is 1.17. The first-order valence-electron chi connectivity index (χ1n) is 20.3. The van der Waals surface area contributed by atoms with Gasteiger partial charge in [-0.05, 0) is 104 Å². The van der Waals surface area contributed by atoms with Crippen LogP contribution in [-0.2, 0) is 9.53 Å². The summed E-state index contributed by atoms with van der Waals surface area (Å²) in [4.78, 5) is 12.7. The highest BCUT2D eigenvalue weighted by atomic mass is 16.5. The lowest BCUT2D eigenvalue weighted by Crippen LogP contribution is -2.51. The Morgan fingerprint density at radius 1 is 0.844 bits per heavy atom. The van der Waals surface area contributed by atoms with E-state index in [0.29, 0.717) is 10.8 Å². The smallest absolute Gasteiger partial charge is 0.330 e. The van der Waals surface area contributed by atoms with Crippen LogP contribution in [0.15, 0.2) is 23.8 Å². The highest BCUT2D eigenvalue weighted by Gasteiger charge is 2.59. The summed E-state index contributed by atoms with van der Waals surface area (Å²) in [6, 6.07) is 0. The molecule has 4 aliphatic carbocycles. The van der Waals surface area contributed by atoms with E-state index in [2.05, 4.69) is 53.7 Å². The summed E-state index contributed by atoms with van der Waals surface area (Å²) >= 11 is 0. The third-order valence-electron chi connectivity index (χ3n) is 13.8. The molecule has 2 nitrogen and oxygen atoms in total. The number of hydrogen-bond acceptors (Lipinski definition) is 2. The average molecular weight is 623 g/mol. The highest BCUT2D eigenvalue weighted by molar-refractivity contribution is 5.82. The second kappa shape index (κ2) is 17.9. The summed E-state index contributed by atoms with van der Waals surface area (Å²) in [5, 5.41) is 0. The van der Waals surface area contributed by atoms with E-state index in [1.165, 1.54) is 128 Å². The number of unbranched alkanes of at least 4 members (excludes halogenated alkanes) is 11. The molecule has 0 bridgehead atoms. The maximum atomic E-state index is 12.7. The van der Waals surface area contributed by atoms with E-state index in [9.17, 15) is 4.79 Å². The second-order valence-corrected chi connectivity index (χ2v) is 17.3. The predicted molar refractivity (Wildman–Crippen MR) is 193 cm³/mol. The summed E-state index contributed by atoms with van der Waals surface area (Å²) in [6.45, 7) is 14.9. The maximum absolute atomic E-state index is 12.7. The van der Waals surface area contributed by atoms with Gasteiger partial charge in [0.05, 0.1) is 0 Å². The van der Waals surface area contributed by atoms with Crippen LogP contribution in [0.1, 0.15) is 189 Å². The molecule has 0 saturated heterocycles. The number of allylic oxidation sites excluding steroid dienone is 2. The van der Waals surface area contributed by atoms with E-state index in [-0.39, 0.29) is 12.1 Å². The Kier molecular flexibility index (Phi) is 14.6. The summed E-state index contributed by atoms with van der Waals surface area (Å²) in [5.74, 6) is 5.11. The van der Waals surface area contributed by atoms with E-state index in [1.807, 2.05) is 0 Å². The largest absolute Gasteiger partial charge is 0.459 e. The zero-order chi connectivity index (χ0) is 32.3. The third-order valence-corrected chi connectivity index (χ3v) is 13.8. The van der Waals surface area contributed by atoms with E-state index in [0.717, 1.165) is 54.8 Å². The van der Waals surface area contributed by atoms with Crippen LogP contribution in [0.5, 0.6) is 0 Å². The quantitative estimate of drug-likeness (QED) is 0.0620. The molecule has 0 heterocycles. The van der Waals surface area contributed by atoms with Gasteiger partial charge in [-0.25, -0.2) is 4.79 Å². The van der Waals surface area contributed by atoms with Crippen molar-refractivity contribution in [3.63, 3.8) is 0 Å². The van der Waals surface area contributed by atoms with E-state index < -0.39 is 0 Å². The Labute approximate surface area is 280 Å².